The van der Waals surface area contributed by atoms with Crippen molar-refractivity contribution < 1.29 is 173 Å². The third kappa shape index (κ3) is 18.0. The predicted molar refractivity (Wildman–Crippen MR) is 311 cm³/mol. The summed E-state index contributed by atoms with van der Waals surface area (Å²) >= 11 is 3.95. The molecule has 21 rings (SSSR count). The maximum Gasteiger partial charge on any atom is 0.252 e. The Hall–Kier alpha value is -1.37. The second-order valence-electron chi connectivity index (χ2n) is 23.3. The summed E-state index contributed by atoms with van der Waals surface area (Å²) in [5.74, 6) is 1.85. The minimum Gasteiger partial charge on any atom is -0.394 e. The van der Waals surface area contributed by atoms with Gasteiger partial charge in [0.2, 0.25) is 0 Å². The molecule has 540 valence electrons. The molecule has 21 aliphatic heterocycles. The van der Waals surface area contributed by atoms with E-state index in [1.54, 1.807) is 11.8 Å². The molecule has 0 aromatic carbocycles. The number of hydrogen-bond donors (Lipinski definition) is 24. The Balaban J connectivity index is 1.09. The van der Waals surface area contributed by atoms with Crippen molar-refractivity contribution in [1.29, 1.82) is 0 Å². The van der Waals surface area contributed by atoms with Crippen LogP contribution in [0, 0.1) is 0 Å². The van der Waals surface area contributed by atoms with Crippen LogP contribution in [0.4, 0.5) is 0 Å². The molecule has 21 aliphatic rings. The van der Waals surface area contributed by atoms with Gasteiger partial charge in [0.1, 0.15) is 165 Å². The Labute approximate surface area is 544 Å². The van der Waals surface area contributed by atoms with Crippen LogP contribution in [-0.2, 0) is 66.3 Å². The van der Waals surface area contributed by atoms with Crippen molar-refractivity contribution in [2.24, 2.45) is 17.2 Å². The fourth-order valence-electron chi connectivity index (χ4n) is 11.8. The SMILES string of the molecule is CSCC[NH+]=C(N)CC(N)=[NH+]CCSCC1O[C@H]2O[C@H]3C(CO)O[C@@H](O[C@H]4C(CO)O[C@@H](O[C@H]5C(CSCCN)O[C@H](O[C@H]6C(CO)O[C@@H](O[C@H]7C(CO)O[C@@H](O[C@H]8C(CO)O[C@@H](O[C@@H]1[C@H](O)C2O)C(O)[C@H]8O)C(O)[C@H]7O)C(O)[C@H]6O)C(O)[C@H]5O)C(O)[C@H]4O)C(O)[C@H]3O. The third-order valence-electron chi connectivity index (χ3n) is 16.9. The number of hydrogen-bond acceptors (Lipinski definition) is 37. The van der Waals surface area contributed by atoms with Gasteiger partial charge in [0.25, 0.3) is 11.7 Å². The van der Waals surface area contributed by atoms with E-state index in [2.05, 4.69) is 9.98 Å². The van der Waals surface area contributed by atoms with E-state index in [-0.39, 0.29) is 36.8 Å². The van der Waals surface area contributed by atoms with Crippen LogP contribution in [-0.4, -0.2) is 411 Å². The number of amidine groups is 2. The van der Waals surface area contributed by atoms with E-state index in [0.717, 1.165) is 17.5 Å². The molecule has 93 heavy (non-hydrogen) atoms. The van der Waals surface area contributed by atoms with Crippen LogP contribution in [0.3, 0.4) is 0 Å². The molecule has 0 aromatic rings. The van der Waals surface area contributed by atoms with E-state index in [1.165, 1.54) is 11.8 Å². The summed E-state index contributed by atoms with van der Waals surface area (Å²) in [5.41, 5.74) is 18.0. The largest absolute Gasteiger partial charge is 0.394 e. The van der Waals surface area contributed by atoms with Crippen molar-refractivity contribution in [3.05, 3.63) is 0 Å². The number of nitrogens with one attached hydrogen (secondary N) is 2. The van der Waals surface area contributed by atoms with Crippen LogP contribution in [0.25, 0.3) is 0 Å². The minimum atomic E-state index is -2.20. The van der Waals surface area contributed by atoms with Crippen molar-refractivity contribution in [3.8, 4) is 0 Å². The molecule has 21 fully saturated rings. The van der Waals surface area contributed by atoms with Crippen LogP contribution in [0.5, 0.6) is 0 Å². The predicted octanol–water partition coefficient (Wildman–Crippen LogP) is -17.2. The lowest BCUT2D eigenvalue weighted by Crippen LogP contribution is -2.80. The molecule has 0 aliphatic carbocycles. The van der Waals surface area contributed by atoms with Gasteiger partial charge in [0.05, 0.1) is 58.3 Å². The molecule has 38 nitrogen and oxygen atoms in total. The van der Waals surface area contributed by atoms with Gasteiger partial charge in [0, 0.05) is 35.3 Å². The zero-order valence-corrected chi connectivity index (χ0v) is 52.7. The Morgan fingerprint density at radius 3 is 0.753 bits per heavy atom. The topological polar surface area (TPSA) is 620 Å². The van der Waals surface area contributed by atoms with Crippen LogP contribution in [0.1, 0.15) is 6.42 Å². The highest BCUT2D eigenvalue weighted by atomic mass is 32.2. The molecule has 0 amide bonds. The van der Waals surface area contributed by atoms with E-state index >= 15 is 0 Å². The highest BCUT2D eigenvalue weighted by Gasteiger charge is 2.59. The van der Waals surface area contributed by atoms with Gasteiger partial charge >= 0.3 is 0 Å². The van der Waals surface area contributed by atoms with E-state index < -0.39 is 248 Å². The lowest BCUT2D eigenvalue weighted by molar-refractivity contribution is -0.458. The smallest absolute Gasteiger partial charge is 0.252 e. The lowest BCUT2D eigenvalue weighted by Gasteiger charge is -2.50. The van der Waals surface area contributed by atoms with Gasteiger partial charge in [-0.3, -0.25) is 21.5 Å². The van der Waals surface area contributed by atoms with Gasteiger partial charge in [-0.1, -0.05) is 0 Å². The molecule has 35 atom stereocenters. The van der Waals surface area contributed by atoms with E-state index in [9.17, 15) is 97.0 Å². The molecule has 0 radical (unpaired) electrons. The maximum absolute atomic E-state index is 11.9. The zero-order chi connectivity index (χ0) is 67.7. The molecular weight excluding hydrogens is 1320 g/mol. The van der Waals surface area contributed by atoms with Crippen LogP contribution >= 0.6 is 35.3 Å². The van der Waals surface area contributed by atoms with Crippen LogP contribution < -0.4 is 27.2 Å². The normalized spacial score (nSPS) is 48.3. The molecule has 0 aromatic heterocycles. The molecule has 27 N–H and O–H groups in total. The number of ether oxygens (including phenoxy) is 14. The summed E-state index contributed by atoms with van der Waals surface area (Å²) in [4.78, 5) is 6.10. The number of nitrogens with two attached hydrogens (primary N) is 3. The van der Waals surface area contributed by atoms with Crippen LogP contribution in [0.15, 0.2) is 0 Å². The zero-order valence-electron chi connectivity index (χ0n) is 50.3. The number of aliphatic hydroxyl groups is 19. The third-order valence-corrected chi connectivity index (χ3v) is 19.6. The van der Waals surface area contributed by atoms with Crippen molar-refractivity contribution in [3.63, 3.8) is 0 Å². The fraction of sp³-hybridized carbons (Fsp3) is 0.962. The molecule has 41 heteroatoms. The summed E-state index contributed by atoms with van der Waals surface area (Å²) in [5, 5.41) is 216. The standard InChI is InChI=1S/C52H91N5O33S3/c1-91-6-3-56-23(54)8-24(55)57-4-7-93-15-22-45-31(69)38(76)52(83-22)88-43-20(13-62)79-48(34(72)27(43)65)86-40-17(10-59)80-49(35(73)28(40)66)89-44-21(14-92-5-2-53)82-51(37(75)30(44)68)87-42-19(12-61)78-47(33(71)26(42)64)84-39-16(9-58)77-46(32(70)25(39)63)85-41-18(11-60)81-50(90-45)36(74)29(41)67/h16-22,25-52,58-76H,2-15,53H2,1H3,(H2,54,56)(H2,55,57)/p+2/t16?,17?,18?,19?,20?,21?,22?,25-,26-,27-,28-,29-,30-,31-,32?,33?,34?,35?,36?,37?,38?,39+,40+,41+,42+,43+,44+,45+,46+,47+,48+,49+,50+,51-,52+/m1/s1. The summed E-state index contributed by atoms with van der Waals surface area (Å²) in [6, 6.07) is 0. The van der Waals surface area contributed by atoms with Gasteiger partial charge in [-0.25, -0.2) is 0 Å². The number of aliphatic hydroxyl groups excluding tert-OH is 19. The molecule has 14 unspecified atom stereocenters. The molecular formula is C52H93N5O33S3+2. The monoisotopic (exact) mass is 1410 g/mol. The molecule has 0 saturated carbocycles. The Morgan fingerprint density at radius 1 is 0.312 bits per heavy atom. The first-order valence-electron chi connectivity index (χ1n) is 30.2. The fourth-order valence-corrected chi connectivity index (χ4v) is 13.9. The Kier molecular flexibility index (Phi) is 29.8. The first-order chi connectivity index (χ1) is 44.4. The van der Waals surface area contributed by atoms with Gasteiger partial charge in [-0.15, -0.1) is 0 Å². The molecule has 21 heterocycles. The summed E-state index contributed by atoms with van der Waals surface area (Å²) in [6.07, 6.45) is -66.0. The maximum atomic E-state index is 11.9. The summed E-state index contributed by atoms with van der Waals surface area (Å²) in [7, 11) is 0. The highest BCUT2D eigenvalue weighted by Crippen LogP contribution is 2.40. The van der Waals surface area contributed by atoms with E-state index in [4.69, 9.17) is 83.5 Å². The average molecular weight is 1410 g/mol. The Bertz CT molecular complexity index is 2310. The highest BCUT2D eigenvalue weighted by molar-refractivity contribution is 7.99. The van der Waals surface area contributed by atoms with E-state index in [0.29, 0.717) is 24.0 Å². The summed E-state index contributed by atoms with van der Waals surface area (Å²) in [6.45, 7) is -4.11. The average Bonchev–Trinajstić information content (AvgIpc) is 0.823. The number of thioether (sulfide) groups is 3. The van der Waals surface area contributed by atoms with Gasteiger partial charge in [-0.05, 0) is 6.26 Å². The summed E-state index contributed by atoms with van der Waals surface area (Å²) < 4.78 is 83.0. The quantitative estimate of drug-likeness (QED) is 0.0324. The van der Waals surface area contributed by atoms with Crippen molar-refractivity contribution in [2.45, 2.75) is 221 Å². The first kappa shape index (κ1) is 77.4. The Morgan fingerprint density at radius 2 is 0.527 bits per heavy atom. The molecule has 21 saturated heterocycles. The molecule has 0 spiro atoms. The first-order valence-corrected chi connectivity index (χ1v) is 33.9. The van der Waals surface area contributed by atoms with Crippen LogP contribution in [0.2, 0.25) is 0 Å². The molecule has 14 bridgehead atoms. The van der Waals surface area contributed by atoms with Gasteiger partial charge in [0.15, 0.2) is 44.0 Å². The van der Waals surface area contributed by atoms with E-state index in [1.807, 2.05) is 6.26 Å². The second-order valence-corrected chi connectivity index (χ2v) is 26.6. The second kappa shape index (κ2) is 35.8. The van der Waals surface area contributed by atoms with Gasteiger partial charge < -0.3 is 169 Å². The van der Waals surface area contributed by atoms with Crippen molar-refractivity contribution in [1.82, 2.24) is 0 Å². The lowest BCUT2D eigenvalue weighted by atomic mass is 9.95. The van der Waals surface area contributed by atoms with Crippen molar-refractivity contribution in [2.75, 3.05) is 87.7 Å². The van der Waals surface area contributed by atoms with Gasteiger partial charge in [-0.2, -0.15) is 35.3 Å². The minimum absolute atomic E-state index is 0.107. The van der Waals surface area contributed by atoms with Crippen molar-refractivity contribution >= 4 is 47.0 Å². The number of rotatable bonds is 19.